The van der Waals surface area contributed by atoms with Gasteiger partial charge in [-0.25, -0.2) is 0 Å². The number of aryl methyl sites for hydroxylation is 2. The first kappa shape index (κ1) is 20.7. The van der Waals surface area contributed by atoms with E-state index in [1.807, 2.05) is 58.0 Å². The molecule has 0 saturated carbocycles. The molecule has 0 unspecified atom stereocenters. The first-order chi connectivity index (χ1) is 12.8. The number of hydrogen-bond donors (Lipinski definition) is 1. The Morgan fingerprint density at radius 1 is 1.15 bits per heavy atom. The molecule has 5 heteroatoms. The van der Waals surface area contributed by atoms with Crippen molar-refractivity contribution in [3.05, 3.63) is 52.8 Å². The zero-order valence-electron chi connectivity index (χ0n) is 17.3. The van der Waals surface area contributed by atoms with Gasteiger partial charge in [-0.1, -0.05) is 25.1 Å². The molecule has 0 aliphatic rings. The van der Waals surface area contributed by atoms with Crippen LogP contribution in [0, 0.1) is 20.8 Å². The maximum atomic E-state index is 13.1. The number of carbonyl (C=O) groups excluding carboxylic acids is 2. The van der Waals surface area contributed by atoms with E-state index in [0.29, 0.717) is 12.1 Å². The van der Waals surface area contributed by atoms with Crippen LogP contribution in [0.5, 0.6) is 0 Å². The molecule has 1 heterocycles. The number of nitrogens with zero attached hydrogens (tertiary/aromatic N) is 2. The van der Waals surface area contributed by atoms with Gasteiger partial charge in [0.15, 0.2) is 0 Å². The van der Waals surface area contributed by atoms with Gasteiger partial charge < -0.3 is 14.8 Å². The highest BCUT2D eigenvalue weighted by Gasteiger charge is 2.23. The lowest BCUT2D eigenvalue weighted by atomic mass is 10.2. The van der Waals surface area contributed by atoms with E-state index >= 15 is 0 Å². The van der Waals surface area contributed by atoms with Gasteiger partial charge >= 0.3 is 0 Å². The molecule has 0 saturated heterocycles. The van der Waals surface area contributed by atoms with Gasteiger partial charge in [0.1, 0.15) is 6.54 Å². The average Bonchev–Trinajstić information content (AvgIpc) is 2.90. The summed E-state index contributed by atoms with van der Waals surface area (Å²) in [5, 5.41) is 2.92. The summed E-state index contributed by atoms with van der Waals surface area (Å²) in [6.45, 7) is 12.7. The molecule has 5 nitrogen and oxygen atoms in total. The quantitative estimate of drug-likeness (QED) is 0.782. The van der Waals surface area contributed by atoms with Crippen LogP contribution in [0.15, 0.2) is 30.3 Å². The fourth-order valence-corrected chi connectivity index (χ4v) is 3.56. The number of aromatic nitrogens is 1. The molecule has 1 N–H and O–H groups in total. The van der Waals surface area contributed by atoms with Crippen molar-refractivity contribution in [2.75, 3.05) is 18.4 Å². The minimum atomic E-state index is -0.177. The Bertz CT molecular complexity index is 821. The molecule has 0 fully saturated rings. The maximum Gasteiger partial charge on any atom is 0.256 e. The fraction of sp³-hybridized carbons (Fsp3) is 0.455. The van der Waals surface area contributed by atoms with E-state index in [9.17, 15) is 9.59 Å². The van der Waals surface area contributed by atoms with Crippen LogP contribution < -0.4 is 5.32 Å². The minimum absolute atomic E-state index is 0.0480. The summed E-state index contributed by atoms with van der Waals surface area (Å²) in [5.41, 5.74) is 4.47. The molecule has 0 spiro atoms. The summed E-state index contributed by atoms with van der Waals surface area (Å²) in [5.74, 6) is -0.263. The van der Waals surface area contributed by atoms with Crippen LogP contribution in [0.4, 0.5) is 5.69 Å². The number of rotatable bonds is 7. The zero-order valence-corrected chi connectivity index (χ0v) is 17.3. The maximum absolute atomic E-state index is 13.1. The van der Waals surface area contributed by atoms with Gasteiger partial charge in [0.25, 0.3) is 5.91 Å². The molecule has 27 heavy (non-hydrogen) atoms. The van der Waals surface area contributed by atoms with Gasteiger partial charge in [-0.2, -0.15) is 0 Å². The van der Waals surface area contributed by atoms with E-state index in [1.165, 1.54) is 0 Å². The van der Waals surface area contributed by atoms with Crippen molar-refractivity contribution in [3.8, 4) is 0 Å². The smallest absolute Gasteiger partial charge is 0.256 e. The molecule has 2 amide bonds. The molecule has 146 valence electrons. The first-order valence-electron chi connectivity index (χ1n) is 9.59. The lowest BCUT2D eigenvalue weighted by Gasteiger charge is -2.22. The van der Waals surface area contributed by atoms with Crippen LogP contribution in [0.3, 0.4) is 0 Å². The van der Waals surface area contributed by atoms with Crippen LogP contribution in [-0.2, 0) is 4.79 Å². The summed E-state index contributed by atoms with van der Waals surface area (Å²) in [7, 11) is 0. The topological polar surface area (TPSA) is 54.3 Å². The predicted molar refractivity (Wildman–Crippen MR) is 110 cm³/mol. The number of anilines is 1. The first-order valence-corrected chi connectivity index (χ1v) is 9.59. The second kappa shape index (κ2) is 8.89. The Morgan fingerprint density at radius 3 is 2.37 bits per heavy atom. The lowest BCUT2D eigenvalue weighted by molar-refractivity contribution is -0.116. The largest absolute Gasteiger partial charge is 0.346 e. The summed E-state index contributed by atoms with van der Waals surface area (Å²) >= 11 is 0. The zero-order chi connectivity index (χ0) is 20.1. The van der Waals surface area contributed by atoms with Gasteiger partial charge in [0, 0.05) is 29.7 Å². The van der Waals surface area contributed by atoms with Crippen LogP contribution in [0.2, 0.25) is 0 Å². The standard InChI is InChI=1S/C22H31N3O2/c1-7-12-24(14-21(26)23-20-11-9-8-10-16(20)4)22(27)19-13-17(5)25(15(2)3)18(19)6/h8-11,13,15H,7,12,14H2,1-6H3,(H,23,26). The van der Waals surface area contributed by atoms with Gasteiger partial charge in [-0.05, 0) is 58.7 Å². The van der Waals surface area contributed by atoms with Gasteiger partial charge in [0.05, 0.1) is 5.56 Å². The molecular formula is C22H31N3O2. The summed E-state index contributed by atoms with van der Waals surface area (Å²) < 4.78 is 2.16. The highest BCUT2D eigenvalue weighted by Crippen LogP contribution is 2.22. The number of nitrogens with one attached hydrogen (secondary N) is 1. The third-order valence-corrected chi connectivity index (χ3v) is 4.77. The summed E-state index contributed by atoms with van der Waals surface area (Å²) in [6.07, 6.45) is 0.798. The van der Waals surface area contributed by atoms with Gasteiger partial charge in [-0.15, -0.1) is 0 Å². The number of amides is 2. The second-order valence-corrected chi connectivity index (χ2v) is 7.34. The van der Waals surface area contributed by atoms with E-state index < -0.39 is 0 Å². The van der Waals surface area contributed by atoms with Crippen molar-refractivity contribution in [2.24, 2.45) is 0 Å². The molecule has 1 aromatic carbocycles. The summed E-state index contributed by atoms with van der Waals surface area (Å²) in [4.78, 5) is 27.3. The van der Waals surface area contributed by atoms with Crippen LogP contribution in [-0.4, -0.2) is 34.4 Å². The third kappa shape index (κ3) is 4.79. The Morgan fingerprint density at radius 2 is 1.81 bits per heavy atom. The van der Waals surface area contributed by atoms with Crippen molar-refractivity contribution < 1.29 is 9.59 Å². The van der Waals surface area contributed by atoms with E-state index in [-0.39, 0.29) is 24.4 Å². The predicted octanol–water partition coefficient (Wildman–Crippen LogP) is 4.49. The normalized spacial score (nSPS) is 10.9. The molecule has 0 radical (unpaired) electrons. The average molecular weight is 370 g/mol. The Balaban J connectivity index is 2.19. The lowest BCUT2D eigenvalue weighted by Crippen LogP contribution is -2.38. The Hall–Kier alpha value is -2.56. The van der Waals surface area contributed by atoms with Crippen molar-refractivity contribution >= 4 is 17.5 Å². The van der Waals surface area contributed by atoms with E-state index in [4.69, 9.17) is 0 Å². The molecule has 1 aromatic heterocycles. The van der Waals surface area contributed by atoms with Crippen molar-refractivity contribution in [3.63, 3.8) is 0 Å². The molecular weight excluding hydrogens is 338 g/mol. The fourth-order valence-electron chi connectivity index (χ4n) is 3.56. The monoisotopic (exact) mass is 369 g/mol. The number of benzene rings is 1. The van der Waals surface area contributed by atoms with Crippen LogP contribution in [0.25, 0.3) is 0 Å². The highest BCUT2D eigenvalue weighted by molar-refractivity contribution is 6.00. The number of hydrogen-bond acceptors (Lipinski definition) is 2. The second-order valence-electron chi connectivity index (χ2n) is 7.34. The SMILES string of the molecule is CCCN(CC(=O)Nc1ccccc1C)C(=O)c1cc(C)n(C(C)C)c1C. The molecule has 0 aliphatic heterocycles. The molecule has 0 aliphatic carbocycles. The molecule has 2 aromatic rings. The van der Waals surface area contributed by atoms with E-state index in [2.05, 4.69) is 23.7 Å². The summed E-state index contributed by atoms with van der Waals surface area (Å²) in [6, 6.07) is 9.86. The van der Waals surface area contributed by atoms with Crippen LogP contribution in [0.1, 0.15) is 60.5 Å². The van der Waals surface area contributed by atoms with Gasteiger partial charge in [-0.3, -0.25) is 9.59 Å². The Labute approximate surface area is 162 Å². The molecule has 0 bridgehead atoms. The van der Waals surface area contributed by atoms with Gasteiger partial charge in [0.2, 0.25) is 5.91 Å². The van der Waals surface area contributed by atoms with Crippen molar-refractivity contribution in [1.29, 1.82) is 0 Å². The number of carbonyl (C=O) groups is 2. The Kier molecular flexibility index (Phi) is 6.83. The number of para-hydroxylation sites is 1. The van der Waals surface area contributed by atoms with Crippen LogP contribution >= 0.6 is 0 Å². The third-order valence-electron chi connectivity index (χ3n) is 4.77. The van der Waals surface area contributed by atoms with Crippen molar-refractivity contribution in [2.45, 2.75) is 54.0 Å². The highest BCUT2D eigenvalue weighted by atomic mass is 16.2. The van der Waals surface area contributed by atoms with Crippen molar-refractivity contribution in [1.82, 2.24) is 9.47 Å². The van der Waals surface area contributed by atoms with E-state index in [1.54, 1.807) is 4.90 Å². The molecule has 0 atom stereocenters. The minimum Gasteiger partial charge on any atom is -0.346 e. The molecule has 2 rings (SSSR count). The van der Waals surface area contributed by atoms with E-state index in [0.717, 1.165) is 29.1 Å².